The molecule has 0 radical (unpaired) electrons. The van der Waals surface area contributed by atoms with E-state index < -0.39 is 17.8 Å². The maximum Gasteiger partial charge on any atom is 0.434 e. The van der Waals surface area contributed by atoms with Gasteiger partial charge in [-0.2, -0.15) is 13.2 Å². The standard InChI is InChI=1S/C17H14F3N3O2S2/c1-10-2-4-12(5-3-10)25-7-15-21-11(8-26-15)6-14(24)23-16-22-13(9-27-16)17(18,19)20/h2-5,8-9H,6-7H2,1H3,(H,22,23,24). The number of hydrogen-bond acceptors (Lipinski definition) is 6. The Morgan fingerprint density at radius 3 is 2.56 bits per heavy atom. The van der Waals surface area contributed by atoms with Gasteiger partial charge in [0.1, 0.15) is 17.4 Å². The molecule has 0 aliphatic carbocycles. The number of hydrogen-bond donors (Lipinski definition) is 1. The number of nitrogens with zero attached hydrogens (tertiary/aromatic N) is 2. The van der Waals surface area contributed by atoms with Crippen molar-refractivity contribution < 1.29 is 22.7 Å². The first kappa shape index (κ1) is 19.3. The molecule has 1 N–H and O–H groups in total. The van der Waals surface area contributed by atoms with E-state index in [1.165, 1.54) is 11.3 Å². The van der Waals surface area contributed by atoms with Crippen molar-refractivity contribution in [3.63, 3.8) is 0 Å². The first-order chi connectivity index (χ1) is 12.8. The second kappa shape index (κ2) is 8.05. The van der Waals surface area contributed by atoms with E-state index in [0.29, 0.717) is 10.7 Å². The fraction of sp³-hybridized carbons (Fsp3) is 0.235. The van der Waals surface area contributed by atoms with E-state index in [1.807, 2.05) is 31.2 Å². The van der Waals surface area contributed by atoms with Crippen LogP contribution in [0.2, 0.25) is 0 Å². The lowest BCUT2D eigenvalue weighted by atomic mass is 10.2. The number of nitrogens with one attached hydrogen (secondary N) is 1. The van der Waals surface area contributed by atoms with E-state index in [0.717, 1.165) is 28.0 Å². The summed E-state index contributed by atoms with van der Waals surface area (Å²) in [5.41, 5.74) is 0.632. The lowest BCUT2D eigenvalue weighted by Gasteiger charge is -2.04. The number of alkyl halides is 3. The van der Waals surface area contributed by atoms with Crippen molar-refractivity contribution in [3.8, 4) is 5.75 Å². The van der Waals surface area contributed by atoms with E-state index in [2.05, 4.69) is 15.3 Å². The van der Waals surface area contributed by atoms with Crippen molar-refractivity contribution in [2.24, 2.45) is 0 Å². The first-order valence-electron chi connectivity index (χ1n) is 7.75. The number of halogens is 3. The van der Waals surface area contributed by atoms with Gasteiger partial charge in [0, 0.05) is 10.8 Å². The molecule has 5 nitrogen and oxygen atoms in total. The van der Waals surface area contributed by atoms with Gasteiger partial charge in [0.05, 0.1) is 12.1 Å². The van der Waals surface area contributed by atoms with E-state index in [-0.39, 0.29) is 18.2 Å². The molecule has 1 amide bonds. The Labute approximate surface area is 160 Å². The number of aryl methyl sites for hydroxylation is 1. The molecule has 10 heteroatoms. The Morgan fingerprint density at radius 2 is 1.89 bits per heavy atom. The summed E-state index contributed by atoms with van der Waals surface area (Å²) in [5, 5.41) is 5.54. The Hall–Kier alpha value is -2.46. The third kappa shape index (κ3) is 5.51. The van der Waals surface area contributed by atoms with Crippen molar-refractivity contribution in [1.29, 1.82) is 0 Å². The largest absolute Gasteiger partial charge is 0.486 e. The molecule has 3 aromatic rings. The predicted molar refractivity (Wildman–Crippen MR) is 97.1 cm³/mol. The van der Waals surface area contributed by atoms with Crippen molar-refractivity contribution in [2.45, 2.75) is 26.1 Å². The average molecular weight is 413 g/mol. The highest BCUT2D eigenvalue weighted by Crippen LogP contribution is 2.31. The maximum atomic E-state index is 12.5. The maximum absolute atomic E-state index is 12.5. The van der Waals surface area contributed by atoms with E-state index in [1.54, 1.807) is 5.38 Å². The fourth-order valence-corrected chi connectivity index (χ4v) is 3.50. The number of amides is 1. The zero-order chi connectivity index (χ0) is 19.4. The van der Waals surface area contributed by atoms with Crippen molar-refractivity contribution >= 4 is 33.7 Å². The highest BCUT2D eigenvalue weighted by molar-refractivity contribution is 7.14. The normalized spacial score (nSPS) is 11.4. The van der Waals surface area contributed by atoms with Gasteiger partial charge >= 0.3 is 6.18 Å². The van der Waals surface area contributed by atoms with Gasteiger partial charge in [-0.05, 0) is 19.1 Å². The van der Waals surface area contributed by atoms with Crippen LogP contribution in [0.4, 0.5) is 18.3 Å². The molecule has 0 atom stereocenters. The van der Waals surface area contributed by atoms with Gasteiger partial charge in [0.25, 0.3) is 0 Å². The molecule has 142 valence electrons. The van der Waals surface area contributed by atoms with Crippen molar-refractivity contribution in [3.05, 3.63) is 57.0 Å². The molecule has 0 bridgehead atoms. The summed E-state index contributed by atoms with van der Waals surface area (Å²) >= 11 is 2.08. The van der Waals surface area contributed by atoms with Gasteiger partial charge in [-0.25, -0.2) is 9.97 Å². The third-order valence-corrected chi connectivity index (χ3v) is 4.99. The smallest absolute Gasteiger partial charge is 0.434 e. The molecule has 0 spiro atoms. The van der Waals surface area contributed by atoms with Crippen LogP contribution in [0.1, 0.15) is 22.0 Å². The molecule has 0 fully saturated rings. The molecule has 0 aliphatic rings. The van der Waals surface area contributed by atoms with Gasteiger partial charge in [-0.3, -0.25) is 4.79 Å². The minimum Gasteiger partial charge on any atom is -0.486 e. The average Bonchev–Trinajstić information content (AvgIpc) is 3.23. The van der Waals surface area contributed by atoms with Crippen LogP contribution < -0.4 is 10.1 Å². The molecular weight excluding hydrogens is 399 g/mol. The fourth-order valence-electron chi connectivity index (χ4n) is 2.07. The van der Waals surface area contributed by atoms with Crippen LogP contribution in [0.15, 0.2) is 35.0 Å². The number of aromatic nitrogens is 2. The van der Waals surface area contributed by atoms with Gasteiger partial charge in [0.15, 0.2) is 10.8 Å². The molecule has 2 heterocycles. The summed E-state index contributed by atoms with van der Waals surface area (Å²) in [6.07, 6.45) is -4.58. The van der Waals surface area contributed by atoms with Crippen LogP contribution >= 0.6 is 22.7 Å². The Balaban J connectivity index is 1.51. The lowest BCUT2D eigenvalue weighted by molar-refractivity contribution is -0.140. The van der Waals surface area contributed by atoms with E-state index >= 15 is 0 Å². The Bertz CT molecular complexity index is 920. The summed E-state index contributed by atoms with van der Waals surface area (Å²) in [6.45, 7) is 2.26. The molecule has 0 saturated heterocycles. The van der Waals surface area contributed by atoms with Crippen LogP contribution in [0.5, 0.6) is 5.75 Å². The molecule has 0 saturated carbocycles. The topological polar surface area (TPSA) is 64.1 Å². The van der Waals surface area contributed by atoms with E-state index in [9.17, 15) is 18.0 Å². The quantitative estimate of drug-likeness (QED) is 0.637. The highest BCUT2D eigenvalue weighted by Gasteiger charge is 2.33. The SMILES string of the molecule is Cc1ccc(OCc2nc(CC(=O)Nc3nc(C(F)(F)F)cs3)cs2)cc1. The van der Waals surface area contributed by atoms with Crippen LogP contribution in [0.3, 0.4) is 0 Å². The monoisotopic (exact) mass is 413 g/mol. The zero-order valence-electron chi connectivity index (χ0n) is 14.0. The predicted octanol–water partition coefficient (Wildman–Crippen LogP) is 4.69. The van der Waals surface area contributed by atoms with Crippen LogP contribution in [0.25, 0.3) is 0 Å². The minimum absolute atomic E-state index is 0.0536. The van der Waals surface area contributed by atoms with Crippen molar-refractivity contribution in [2.75, 3.05) is 5.32 Å². The van der Waals surface area contributed by atoms with Gasteiger partial charge in [-0.1, -0.05) is 17.7 Å². The van der Waals surface area contributed by atoms with Gasteiger partial charge in [-0.15, -0.1) is 22.7 Å². The first-order valence-corrected chi connectivity index (χ1v) is 9.51. The highest BCUT2D eigenvalue weighted by atomic mass is 32.1. The third-order valence-electron chi connectivity index (χ3n) is 3.37. The van der Waals surface area contributed by atoms with E-state index in [4.69, 9.17) is 4.74 Å². The Morgan fingerprint density at radius 1 is 1.15 bits per heavy atom. The molecular formula is C17H14F3N3O2S2. The lowest BCUT2D eigenvalue weighted by Crippen LogP contribution is -2.15. The van der Waals surface area contributed by atoms with Gasteiger partial charge < -0.3 is 10.1 Å². The number of thiazole rings is 2. The number of rotatable bonds is 6. The second-order valence-electron chi connectivity index (χ2n) is 5.59. The molecule has 27 heavy (non-hydrogen) atoms. The summed E-state index contributed by atoms with van der Waals surface area (Å²) in [7, 11) is 0. The minimum atomic E-state index is -4.53. The molecule has 2 aromatic heterocycles. The van der Waals surface area contributed by atoms with Crippen LogP contribution in [0, 0.1) is 6.92 Å². The Kier molecular flexibility index (Phi) is 5.76. The molecule has 1 aromatic carbocycles. The zero-order valence-corrected chi connectivity index (χ0v) is 15.7. The number of carbonyl (C=O) groups is 1. The summed E-state index contributed by atoms with van der Waals surface area (Å²) in [4.78, 5) is 19.6. The summed E-state index contributed by atoms with van der Waals surface area (Å²) in [5.74, 6) is 0.244. The molecule has 0 aliphatic heterocycles. The summed E-state index contributed by atoms with van der Waals surface area (Å²) in [6, 6.07) is 7.60. The second-order valence-corrected chi connectivity index (χ2v) is 7.40. The number of benzene rings is 1. The molecule has 3 rings (SSSR count). The van der Waals surface area contributed by atoms with Crippen LogP contribution in [-0.2, 0) is 24.0 Å². The summed E-state index contributed by atoms with van der Waals surface area (Å²) < 4.78 is 43.2. The number of anilines is 1. The molecule has 0 unspecified atom stereocenters. The van der Waals surface area contributed by atoms with Crippen molar-refractivity contribution in [1.82, 2.24) is 9.97 Å². The van der Waals surface area contributed by atoms with Crippen LogP contribution in [-0.4, -0.2) is 15.9 Å². The van der Waals surface area contributed by atoms with Gasteiger partial charge in [0.2, 0.25) is 5.91 Å². The number of carbonyl (C=O) groups excluding carboxylic acids is 1. The number of ether oxygens (including phenoxy) is 1.